The van der Waals surface area contributed by atoms with Crippen molar-refractivity contribution in [1.29, 1.82) is 5.26 Å². The van der Waals surface area contributed by atoms with E-state index in [1.807, 2.05) is 6.07 Å². The minimum Gasteiger partial charge on any atom is -0.494 e. The van der Waals surface area contributed by atoms with Crippen LogP contribution in [0.3, 0.4) is 0 Å². The number of hydrogen-bond acceptors (Lipinski definition) is 5. The Balaban J connectivity index is 2.08. The van der Waals surface area contributed by atoms with Crippen LogP contribution in [-0.4, -0.2) is 35.0 Å². The maximum atomic E-state index is 14.9. The van der Waals surface area contributed by atoms with Gasteiger partial charge in [0.05, 0.1) is 24.4 Å². The van der Waals surface area contributed by atoms with E-state index in [1.54, 1.807) is 25.1 Å². The SMILES string of the molecule is COC1=CCC2C(=C1F)C(CC(=O)O)=C(C)N2C(=O)c1ccc(C#N)s1. The predicted octanol–water partition coefficient (Wildman–Crippen LogP) is 3.35. The highest BCUT2D eigenvalue weighted by Crippen LogP contribution is 2.44. The first-order chi connectivity index (χ1) is 12.4. The number of rotatable bonds is 4. The minimum atomic E-state index is -1.11. The second-order valence-corrected chi connectivity index (χ2v) is 6.92. The number of aliphatic carboxylic acids is 1. The van der Waals surface area contributed by atoms with Gasteiger partial charge in [-0.2, -0.15) is 5.26 Å². The highest BCUT2D eigenvalue weighted by atomic mass is 32.1. The van der Waals surface area contributed by atoms with Crippen LogP contribution in [0.4, 0.5) is 4.39 Å². The van der Waals surface area contributed by atoms with Crippen molar-refractivity contribution in [1.82, 2.24) is 4.90 Å². The van der Waals surface area contributed by atoms with Gasteiger partial charge in [0.1, 0.15) is 10.9 Å². The normalized spacial score (nSPS) is 19.2. The summed E-state index contributed by atoms with van der Waals surface area (Å²) in [6.45, 7) is 1.61. The number of carbonyl (C=O) groups is 2. The number of nitrogens with zero attached hydrogens (tertiary/aromatic N) is 2. The van der Waals surface area contributed by atoms with Gasteiger partial charge in [-0.15, -0.1) is 11.3 Å². The van der Waals surface area contributed by atoms with Crippen molar-refractivity contribution < 1.29 is 23.8 Å². The van der Waals surface area contributed by atoms with Crippen LogP contribution in [0.5, 0.6) is 0 Å². The lowest BCUT2D eigenvalue weighted by molar-refractivity contribution is -0.136. The summed E-state index contributed by atoms with van der Waals surface area (Å²) in [4.78, 5) is 26.4. The largest absolute Gasteiger partial charge is 0.494 e. The quantitative estimate of drug-likeness (QED) is 0.873. The Bertz CT molecular complexity index is 935. The molecule has 1 unspecified atom stereocenters. The van der Waals surface area contributed by atoms with Gasteiger partial charge < -0.3 is 14.7 Å². The van der Waals surface area contributed by atoms with Gasteiger partial charge in [-0.05, 0) is 37.1 Å². The highest BCUT2D eigenvalue weighted by molar-refractivity contribution is 7.14. The van der Waals surface area contributed by atoms with E-state index in [2.05, 4.69) is 0 Å². The monoisotopic (exact) mass is 374 g/mol. The number of amides is 1. The molecule has 0 aromatic carbocycles. The molecule has 1 aliphatic carbocycles. The number of nitriles is 1. The average Bonchev–Trinajstić information content (AvgIpc) is 3.18. The molecule has 0 spiro atoms. The summed E-state index contributed by atoms with van der Waals surface area (Å²) in [7, 11) is 1.34. The fourth-order valence-corrected chi connectivity index (χ4v) is 4.06. The first kappa shape index (κ1) is 17.9. The van der Waals surface area contributed by atoms with Crippen LogP contribution in [0.1, 0.15) is 34.3 Å². The molecular weight excluding hydrogens is 359 g/mol. The molecule has 134 valence electrons. The van der Waals surface area contributed by atoms with Crippen LogP contribution in [0.2, 0.25) is 0 Å². The summed E-state index contributed by atoms with van der Waals surface area (Å²) in [5.74, 6) is -2.08. The van der Waals surface area contributed by atoms with Gasteiger partial charge in [0.2, 0.25) is 0 Å². The summed E-state index contributed by atoms with van der Waals surface area (Å²) in [5, 5.41) is 18.2. The third kappa shape index (κ3) is 2.80. The number of methoxy groups -OCH3 is 1. The Hall–Kier alpha value is -2.92. The van der Waals surface area contributed by atoms with E-state index >= 15 is 0 Å². The molecule has 3 rings (SSSR count). The zero-order chi connectivity index (χ0) is 19.0. The number of carboxylic acid groups (broad SMARTS) is 1. The second kappa shape index (κ2) is 6.77. The van der Waals surface area contributed by atoms with E-state index in [4.69, 9.17) is 10.00 Å². The molecule has 2 heterocycles. The number of allylic oxidation sites excluding steroid dienone is 2. The van der Waals surface area contributed by atoms with Crippen LogP contribution in [0.15, 0.2) is 46.6 Å². The van der Waals surface area contributed by atoms with Crippen molar-refractivity contribution >= 4 is 23.2 Å². The zero-order valence-corrected chi connectivity index (χ0v) is 14.9. The molecule has 2 aliphatic rings. The van der Waals surface area contributed by atoms with Gasteiger partial charge in [-0.1, -0.05) is 0 Å². The van der Waals surface area contributed by atoms with Crippen LogP contribution < -0.4 is 0 Å². The molecule has 0 saturated heterocycles. The fourth-order valence-electron chi connectivity index (χ4n) is 3.32. The van der Waals surface area contributed by atoms with Gasteiger partial charge in [0.25, 0.3) is 5.91 Å². The molecule has 8 heteroatoms. The average molecular weight is 374 g/mol. The van der Waals surface area contributed by atoms with Crippen molar-refractivity contribution in [2.24, 2.45) is 0 Å². The van der Waals surface area contributed by atoms with Gasteiger partial charge in [-0.25, -0.2) is 4.39 Å². The van der Waals surface area contributed by atoms with Crippen molar-refractivity contribution in [3.63, 3.8) is 0 Å². The minimum absolute atomic E-state index is 0.0455. The first-order valence-electron chi connectivity index (χ1n) is 7.78. The van der Waals surface area contributed by atoms with Gasteiger partial charge in [0, 0.05) is 11.3 Å². The summed E-state index contributed by atoms with van der Waals surface area (Å²) >= 11 is 1.05. The Morgan fingerprint density at radius 1 is 1.50 bits per heavy atom. The maximum Gasteiger partial charge on any atom is 0.307 e. The van der Waals surface area contributed by atoms with E-state index in [-0.39, 0.29) is 29.2 Å². The molecule has 1 N–H and O–H groups in total. The summed E-state index contributed by atoms with van der Waals surface area (Å²) in [5.41, 5.74) is 0.882. The standard InChI is InChI=1S/C18H15FN2O4S/c1-9-11(7-15(22)23)16-12(4-5-13(25-2)17(16)19)21(9)18(24)14-6-3-10(8-20)26-14/h3,5-6,12H,4,7H2,1-2H3,(H,22,23). The molecule has 26 heavy (non-hydrogen) atoms. The molecule has 1 aromatic heterocycles. The molecule has 0 bridgehead atoms. The van der Waals surface area contributed by atoms with E-state index in [1.165, 1.54) is 12.0 Å². The van der Waals surface area contributed by atoms with E-state index in [0.29, 0.717) is 21.9 Å². The van der Waals surface area contributed by atoms with Crippen molar-refractivity contribution in [3.8, 4) is 6.07 Å². The molecule has 0 saturated carbocycles. The second-order valence-electron chi connectivity index (χ2n) is 5.84. The Morgan fingerprint density at radius 3 is 2.81 bits per heavy atom. The van der Waals surface area contributed by atoms with Gasteiger partial charge >= 0.3 is 5.97 Å². The van der Waals surface area contributed by atoms with Crippen LogP contribution in [0.25, 0.3) is 0 Å². The number of carbonyl (C=O) groups excluding carboxylic acids is 1. The fraction of sp³-hybridized carbons (Fsp3) is 0.278. The Morgan fingerprint density at radius 2 is 2.23 bits per heavy atom. The summed E-state index contributed by atoms with van der Waals surface area (Å²) < 4.78 is 19.9. The van der Waals surface area contributed by atoms with Crippen molar-refractivity contribution in [2.75, 3.05) is 7.11 Å². The molecule has 0 radical (unpaired) electrons. The van der Waals surface area contributed by atoms with Gasteiger partial charge in [-0.3, -0.25) is 9.59 Å². The first-order valence-corrected chi connectivity index (χ1v) is 8.60. The van der Waals surface area contributed by atoms with E-state index in [0.717, 1.165) is 11.3 Å². The number of carboxylic acids is 1. The molecule has 1 amide bonds. The smallest absolute Gasteiger partial charge is 0.307 e. The number of hydrogen-bond donors (Lipinski definition) is 1. The Labute approximate surface area is 153 Å². The summed E-state index contributed by atoms with van der Waals surface area (Å²) in [6.07, 6.45) is 1.48. The molecule has 0 fully saturated rings. The molecule has 6 nitrogen and oxygen atoms in total. The zero-order valence-electron chi connectivity index (χ0n) is 14.1. The lowest BCUT2D eigenvalue weighted by Gasteiger charge is -2.28. The lowest BCUT2D eigenvalue weighted by Crippen LogP contribution is -2.36. The van der Waals surface area contributed by atoms with Crippen LogP contribution in [-0.2, 0) is 9.53 Å². The molecule has 1 atom stereocenters. The summed E-state index contributed by atoms with van der Waals surface area (Å²) in [6, 6.07) is 4.45. The molecule has 1 aliphatic heterocycles. The van der Waals surface area contributed by atoms with Crippen molar-refractivity contribution in [3.05, 3.63) is 56.4 Å². The topological polar surface area (TPSA) is 90.6 Å². The number of thiophene rings is 1. The third-order valence-corrected chi connectivity index (χ3v) is 5.42. The maximum absolute atomic E-state index is 14.9. The predicted molar refractivity (Wildman–Crippen MR) is 91.8 cm³/mol. The number of fused-ring (bicyclic) bond motifs is 1. The van der Waals surface area contributed by atoms with Crippen LogP contribution in [0, 0.1) is 11.3 Å². The van der Waals surface area contributed by atoms with E-state index < -0.39 is 17.8 Å². The van der Waals surface area contributed by atoms with Crippen molar-refractivity contribution in [2.45, 2.75) is 25.8 Å². The third-order valence-electron chi connectivity index (χ3n) is 4.44. The number of halogens is 1. The van der Waals surface area contributed by atoms with Crippen LogP contribution >= 0.6 is 11.3 Å². The number of ether oxygens (including phenoxy) is 1. The van der Waals surface area contributed by atoms with Gasteiger partial charge in [0.15, 0.2) is 11.6 Å². The highest BCUT2D eigenvalue weighted by Gasteiger charge is 2.43. The molecule has 1 aromatic rings. The Kier molecular flexibility index (Phi) is 4.66. The lowest BCUT2D eigenvalue weighted by atomic mass is 9.92. The van der Waals surface area contributed by atoms with E-state index in [9.17, 15) is 19.1 Å². The molecular formula is C18H15FN2O4S.